The molecule has 1 N–H and O–H groups in total. The highest BCUT2D eigenvalue weighted by Gasteiger charge is 2.12. The molecule has 0 spiro atoms. The Morgan fingerprint density at radius 2 is 2.55 bits per heavy atom. The molecule has 1 rings (SSSR count). The topological polar surface area (TPSA) is 30.9 Å². The van der Waals surface area contributed by atoms with Gasteiger partial charge in [-0.25, -0.2) is 5.12 Å². The van der Waals surface area contributed by atoms with Crippen molar-refractivity contribution in [1.82, 2.24) is 15.7 Å². The molecule has 0 radical (unpaired) electrons. The molecule has 1 aliphatic heterocycles. The number of hydrogen-bond donors (Lipinski definition) is 1. The number of hydrogen-bond acceptors (Lipinski definition) is 4. The first-order valence-corrected chi connectivity index (χ1v) is 4.38. The van der Waals surface area contributed by atoms with Crippen LogP contribution in [-0.4, -0.2) is 29.7 Å². The van der Waals surface area contributed by atoms with Crippen LogP contribution in [0, 0.1) is 9.85 Å². The van der Waals surface area contributed by atoms with Gasteiger partial charge in [0.2, 0.25) is 0 Å². The Kier molecular flexibility index (Phi) is 3.45. The van der Waals surface area contributed by atoms with E-state index in [1.807, 2.05) is 39.8 Å². The van der Waals surface area contributed by atoms with Gasteiger partial charge in [-0.15, -0.1) is 10.2 Å². The quantitative estimate of drug-likeness (QED) is 0.578. The maximum atomic E-state index is 4.04. The van der Waals surface area contributed by atoms with E-state index >= 15 is 0 Å². The molecule has 0 bridgehead atoms. The summed E-state index contributed by atoms with van der Waals surface area (Å²) in [7, 11) is 0. The number of nitrogens with zero attached hydrogens (tertiary/aromatic N) is 3. The first-order chi connectivity index (χ1) is 5.38. The molecule has 0 fully saturated rings. The molecule has 11 heavy (non-hydrogen) atoms. The van der Waals surface area contributed by atoms with E-state index in [0.29, 0.717) is 6.54 Å². The van der Waals surface area contributed by atoms with E-state index < -0.39 is 0 Å². The lowest BCUT2D eigenvalue weighted by molar-refractivity contribution is -0.00904. The maximum absolute atomic E-state index is 4.04. The lowest BCUT2D eigenvalue weighted by Crippen LogP contribution is -2.42. The number of halogens is 1. The Morgan fingerprint density at radius 3 is 3.18 bits per heavy atom. The molecule has 1 heterocycles. The predicted octanol–water partition coefficient (Wildman–Crippen LogP) is 0.383. The van der Waals surface area contributed by atoms with Crippen LogP contribution in [0.3, 0.4) is 0 Å². The Balaban J connectivity index is 2.39. The van der Waals surface area contributed by atoms with Crippen molar-refractivity contribution >= 4 is 28.9 Å². The summed E-state index contributed by atoms with van der Waals surface area (Å²) >= 11 is 2.02. The number of hydrazone groups is 1. The molecule has 4 nitrogen and oxygen atoms in total. The highest BCUT2D eigenvalue weighted by molar-refractivity contribution is 14.1. The minimum Gasteiger partial charge on any atom is -0.288 e. The van der Waals surface area contributed by atoms with Gasteiger partial charge in [0.1, 0.15) is 12.9 Å². The highest BCUT2D eigenvalue weighted by atomic mass is 127. The first-order valence-electron chi connectivity index (χ1n) is 3.30. The SMILES string of the molecule is CCN1N=CNN1CC#CI. The van der Waals surface area contributed by atoms with Crippen LogP contribution in [0.1, 0.15) is 6.92 Å². The average Bonchev–Trinajstić information content (AvgIpc) is 2.47. The minimum atomic E-state index is 0.663. The normalized spacial score (nSPS) is 16.0. The number of hydrazine groups is 2. The van der Waals surface area contributed by atoms with Gasteiger partial charge in [-0.2, -0.15) is 0 Å². The third-order valence-electron chi connectivity index (χ3n) is 1.25. The molecule has 5 heteroatoms. The molecule has 1 aliphatic rings. The second kappa shape index (κ2) is 4.41. The summed E-state index contributed by atoms with van der Waals surface area (Å²) in [5, 5.41) is 7.71. The zero-order valence-electron chi connectivity index (χ0n) is 6.21. The van der Waals surface area contributed by atoms with E-state index in [2.05, 4.69) is 20.4 Å². The van der Waals surface area contributed by atoms with Crippen molar-refractivity contribution in [3.8, 4) is 9.85 Å². The minimum absolute atomic E-state index is 0.663. The van der Waals surface area contributed by atoms with E-state index in [9.17, 15) is 0 Å². The van der Waals surface area contributed by atoms with E-state index in [4.69, 9.17) is 0 Å². The van der Waals surface area contributed by atoms with Crippen molar-refractivity contribution in [1.29, 1.82) is 0 Å². The van der Waals surface area contributed by atoms with E-state index in [0.717, 1.165) is 6.54 Å². The van der Waals surface area contributed by atoms with Crippen molar-refractivity contribution in [2.75, 3.05) is 13.1 Å². The fraction of sp³-hybridized carbons (Fsp3) is 0.500. The molecular weight excluding hydrogens is 255 g/mol. The van der Waals surface area contributed by atoms with Gasteiger partial charge in [0.15, 0.2) is 0 Å². The molecule has 0 unspecified atom stereocenters. The van der Waals surface area contributed by atoms with Gasteiger partial charge >= 0.3 is 0 Å². The molecule has 0 aliphatic carbocycles. The molecule has 0 aromatic carbocycles. The van der Waals surface area contributed by atoms with Crippen LogP contribution in [0.15, 0.2) is 5.10 Å². The molecule has 0 saturated heterocycles. The fourth-order valence-corrected chi connectivity index (χ4v) is 0.943. The maximum Gasteiger partial charge on any atom is 0.126 e. The van der Waals surface area contributed by atoms with Gasteiger partial charge in [-0.1, -0.05) is 5.92 Å². The monoisotopic (exact) mass is 264 g/mol. The molecule has 60 valence electrons. The Bertz CT molecular complexity index is 204. The molecule has 0 amide bonds. The average molecular weight is 264 g/mol. The zero-order chi connectivity index (χ0) is 8.10. The Labute approximate surface area is 79.7 Å². The second-order valence-electron chi connectivity index (χ2n) is 1.89. The highest BCUT2D eigenvalue weighted by Crippen LogP contribution is 1.97. The van der Waals surface area contributed by atoms with Crippen molar-refractivity contribution in [2.24, 2.45) is 5.10 Å². The standard InChI is InChI=1S/C6H9IN4/c1-2-10-8-6-9-11(10)5-3-4-7/h6H,2,5H2,1H3,(H,8,9). The van der Waals surface area contributed by atoms with Crippen molar-refractivity contribution in [3.05, 3.63) is 0 Å². The van der Waals surface area contributed by atoms with Crippen molar-refractivity contribution in [2.45, 2.75) is 6.92 Å². The van der Waals surface area contributed by atoms with E-state index in [1.165, 1.54) is 0 Å². The molecule has 0 aromatic heterocycles. The molecular formula is C6H9IN4. The third kappa shape index (κ3) is 2.24. The summed E-state index contributed by atoms with van der Waals surface area (Å²) in [5.41, 5.74) is 2.95. The van der Waals surface area contributed by atoms with Crippen molar-refractivity contribution < 1.29 is 0 Å². The van der Waals surface area contributed by atoms with Gasteiger partial charge in [0, 0.05) is 22.6 Å². The van der Waals surface area contributed by atoms with Crippen LogP contribution >= 0.6 is 22.6 Å². The van der Waals surface area contributed by atoms with E-state index in [1.54, 1.807) is 6.34 Å². The lowest BCUT2D eigenvalue weighted by Gasteiger charge is -2.22. The third-order valence-corrected chi connectivity index (χ3v) is 1.64. The summed E-state index contributed by atoms with van der Waals surface area (Å²) in [6, 6.07) is 0. The van der Waals surface area contributed by atoms with Crippen LogP contribution in [-0.2, 0) is 0 Å². The van der Waals surface area contributed by atoms with Crippen LogP contribution in [0.2, 0.25) is 0 Å². The molecule has 0 atom stereocenters. The van der Waals surface area contributed by atoms with E-state index in [-0.39, 0.29) is 0 Å². The van der Waals surface area contributed by atoms with Crippen molar-refractivity contribution in [3.63, 3.8) is 0 Å². The Morgan fingerprint density at radius 1 is 1.73 bits per heavy atom. The summed E-state index contributed by atoms with van der Waals surface area (Å²) < 4.78 is 2.80. The van der Waals surface area contributed by atoms with Gasteiger partial charge in [0.25, 0.3) is 0 Å². The van der Waals surface area contributed by atoms with Gasteiger partial charge in [-0.05, 0) is 10.9 Å². The molecule has 0 aromatic rings. The summed E-state index contributed by atoms with van der Waals surface area (Å²) in [5.74, 6) is 2.93. The summed E-state index contributed by atoms with van der Waals surface area (Å²) in [4.78, 5) is 0. The largest absolute Gasteiger partial charge is 0.288 e. The molecule has 0 saturated carbocycles. The first kappa shape index (κ1) is 8.62. The predicted molar refractivity (Wildman–Crippen MR) is 52.5 cm³/mol. The lowest BCUT2D eigenvalue weighted by atomic mass is 10.7. The summed E-state index contributed by atoms with van der Waals surface area (Å²) in [6.45, 7) is 3.55. The Hall–Kier alpha value is -0.480. The number of nitrogens with one attached hydrogen (secondary N) is 1. The van der Waals surface area contributed by atoms with Crippen LogP contribution in [0.4, 0.5) is 0 Å². The van der Waals surface area contributed by atoms with Crippen LogP contribution in [0.25, 0.3) is 0 Å². The zero-order valence-corrected chi connectivity index (χ0v) is 8.37. The smallest absolute Gasteiger partial charge is 0.126 e. The van der Waals surface area contributed by atoms with Gasteiger partial charge < -0.3 is 0 Å². The summed E-state index contributed by atoms with van der Waals surface area (Å²) in [6.07, 6.45) is 1.65. The second-order valence-corrected chi connectivity index (χ2v) is 2.43. The van der Waals surface area contributed by atoms with Crippen LogP contribution < -0.4 is 5.43 Å². The van der Waals surface area contributed by atoms with Gasteiger partial charge in [0.05, 0.1) is 6.54 Å². The fourth-order valence-electron chi connectivity index (χ4n) is 0.772. The van der Waals surface area contributed by atoms with Crippen LogP contribution in [0.5, 0.6) is 0 Å². The van der Waals surface area contributed by atoms with Gasteiger partial charge in [-0.3, -0.25) is 5.43 Å². The number of rotatable bonds is 2.